The number of alkyl carbamates (subject to hydrolysis) is 3. The number of rotatable bonds is 23. The van der Waals surface area contributed by atoms with Gasteiger partial charge in [0, 0.05) is 47.3 Å². The van der Waals surface area contributed by atoms with Gasteiger partial charge in [0.2, 0.25) is 0 Å². The molecule has 2 aliphatic carbocycles. The second-order valence-corrected chi connectivity index (χ2v) is 23.9. The van der Waals surface area contributed by atoms with Crippen LogP contribution in [0.25, 0.3) is 0 Å². The van der Waals surface area contributed by atoms with Gasteiger partial charge in [-0.15, -0.1) is 0 Å². The summed E-state index contributed by atoms with van der Waals surface area (Å²) in [6, 6.07) is 10.3. The minimum atomic E-state index is -1.05. The zero-order chi connectivity index (χ0) is 52.9. The third-order valence-corrected chi connectivity index (χ3v) is 13.6. The van der Waals surface area contributed by atoms with Gasteiger partial charge in [0.1, 0.15) is 32.0 Å². The first-order chi connectivity index (χ1) is 32.4. The van der Waals surface area contributed by atoms with E-state index in [0.717, 1.165) is 50.7 Å². The highest BCUT2D eigenvalue weighted by Crippen LogP contribution is 2.47. The van der Waals surface area contributed by atoms with Crippen molar-refractivity contribution in [2.75, 3.05) is 39.5 Å². The SMILES string of the molecule is C=C(C)C(=O)OCCOC(=O)NC1CC(C)(C)CC(C)(CNC(=O)O)C1.C=C(C)C(=O)OCCOC(=O)NC1CC(C)(C)CC(C)(CNC(=O)OC(C)(C)CCC(CC(C)C)SCc2ccccc2)C1. The number of benzene rings is 1. The van der Waals surface area contributed by atoms with Gasteiger partial charge < -0.3 is 50.1 Å². The molecule has 5 unspecified atom stereocenters. The second-order valence-electron chi connectivity index (χ2n) is 22.7. The summed E-state index contributed by atoms with van der Waals surface area (Å²) >= 11 is 1.98. The predicted molar refractivity (Wildman–Crippen MR) is 274 cm³/mol. The highest BCUT2D eigenvalue weighted by molar-refractivity contribution is 7.99. The molecule has 0 spiro atoms. The van der Waals surface area contributed by atoms with Crippen LogP contribution in [0.4, 0.5) is 19.2 Å². The van der Waals surface area contributed by atoms with Gasteiger partial charge in [-0.25, -0.2) is 28.8 Å². The molecular weight excluding hydrogens is 917 g/mol. The van der Waals surface area contributed by atoms with Crippen molar-refractivity contribution in [3.05, 3.63) is 60.2 Å². The highest BCUT2D eigenvalue weighted by Gasteiger charge is 2.43. The van der Waals surface area contributed by atoms with Crippen molar-refractivity contribution in [2.45, 2.75) is 170 Å². The number of hydrogen-bond donors (Lipinski definition) is 5. The Kier molecular flexibility index (Phi) is 24.6. The molecule has 2 aliphatic rings. The number of carbonyl (C=O) groups excluding carboxylic acids is 5. The summed E-state index contributed by atoms with van der Waals surface area (Å²) in [7, 11) is 0. The van der Waals surface area contributed by atoms with Crippen molar-refractivity contribution in [3.8, 4) is 0 Å². The maximum atomic E-state index is 13.0. The van der Waals surface area contributed by atoms with Gasteiger partial charge in [0.05, 0.1) is 0 Å². The van der Waals surface area contributed by atoms with Crippen LogP contribution in [0.5, 0.6) is 0 Å². The molecule has 0 radical (unpaired) electrons. The van der Waals surface area contributed by atoms with Crippen LogP contribution in [0.3, 0.4) is 0 Å². The average Bonchev–Trinajstić information content (AvgIpc) is 3.22. The quantitative estimate of drug-likeness (QED) is 0.0299. The van der Waals surface area contributed by atoms with Crippen LogP contribution in [-0.4, -0.2) is 104 Å². The van der Waals surface area contributed by atoms with Gasteiger partial charge in [0.15, 0.2) is 0 Å². The fraction of sp³-hybridized carbons (Fsp3) is 0.698. The number of nitrogens with one attached hydrogen (secondary N) is 4. The second kappa shape index (κ2) is 28.2. The Morgan fingerprint density at radius 3 is 1.57 bits per heavy atom. The minimum absolute atomic E-state index is 0.0275. The molecule has 1 aromatic rings. The van der Waals surface area contributed by atoms with Crippen LogP contribution in [0.2, 0.25) is 0 Å². The monoisotopic (exact) mass is 1000 g/mol. The number of ether oxygens (including phenoxy) is 5. The highest BCUT2D eigenvalue weighted by atomic mass is 32.2. The molecule has 2 fully saturated rings. The molecular formula is C53H86N4O12S. The molecule has 5 N–H and O–H groups in total. The molecule has 3 rings (SSSR count). The zero-order valence-electron chi connectivity index (χ0n) is 44.3. The van der Waals surface area contributed by atoms with Gasteiger partial charge >= 0.3 is 36.3 Å². The van der Waals surface area contributed by atoms with E-state index in [4.69, 9.17) is 28.8 Å². The van der Waals surface area contributed by atoms with Crippen molar-refractivity contribution in [1.82, 2.24) is 21.3 Å². The lowest BCUT2D eigenvalue weighted by Gasteiger charge is -2.46. The fourth-order valence-electron chi connectivity index (χ4n) is 9.95. The summed E-state index contributed by atoms with van der Waals surface area (Å²) in [5.41, 5.74) is 0.738. The van der Waals surface area contributed by atoms with E-state index < -0.39 is 41.9 Å². The molecule has 4 amide bonds. The molecule has 0 bridgehead atoms. The largest absolute Gasteiger partial charge is 0.465 e. The van der Waals surface area contributed by atoms with E-state index in [0.29, 0.717) is 42.7 Å². The van der Waals surface area contributed by atoms with Crippen LogP contribution >= 0.6 is 11.8 Å². The first-order valence-corrected chi connectivity index (χ1v) is 25.6. The Morgan fingerprint density at radius 1 is 0.700 bits per heavy atom. The molecule has 2 saturated carbocycles. The Hall–Kier alpha value is -4.93. The predicted octanol–water partition coefficient (Wildman–Crippen LogP) is 10.7. The lowest BCUT2D eigenvalue weighted by atomic mass is 9.62. The molecule has 0 aromatic heterocycles. The first-order valence-electron chi connectivity index (χ1n) is 24.5. The van der Waals surface area contributed by atoms with Gasteiger partial charge in [-0.1, -0.05) is 98.9 Å². The topological polar surface area (TPSA) is 217 Å². The first kappa shape index (κ1) is 61.2. The van der Waals surface area contributed by atoms with E-state index in [2.05, 4.69) is 107 Å². The fourth-order valence-corrected chi connectivity index (χ4v) is 11.4. The summed E-state index contributed by atoms with van der Waals surface area (Å²) in [6.45, 7) is 31.9. The summed E-state index contributed by atoms with van der Waals surface area (Å²) in [5.74, 6) is 0.543. The lowest BCUT2D eigenvalue weighted by molar-refractivity contribution is -0.140. The van der Waals surface area contributed by atoms with Crippen molar-refractivity contribution >= 4 is 48.1 Å². The Balaban J connectivity index is 0.000000549. The van der Waals surface area contributed by atoms with Gasteiger partial charge in [0.25, 0.3) is 0 Å². The van der Waals surface area contributed by atoms with Crippen LogP contribution in [-0.2, 0) is 39.0 Å². The summed E-state index contributed by atoms with van der Waals surface area (Å²) in [4.78, 5) is 70.9. The molecule has 0 heterocycles. The summed E-state index contributed by atoms with van der Waals surface area (Å²) < 4.78 is 26.0. The maximum absolute atomic E-state index is 13.0. The summed E-state index contributed by atoms with van der Waals surface area (Å²) in [5, 5.41) is 20.6. The lowest BCUT2D eigenvalue weighted by Crippen LogP contribution is -2.51. The molecule has 17 heteroatoms. The third kappa shape index (κ3) is 25.8. The van der Waals surface area contributed by atoms with Gasteiger partial charge in [-0.3, -0.25) is 0 Å². The standard InChI is InChI=1S/C35H56N2O6S.C18H30N2O6/c1-25(2)19-29(44-22-27-13-11-10-12-14-27)15-16-34(7,8)43-31(39)36-24-35(9)21-28(20-33(5,6)23-35)37-32(40)42-18-17-41-30(38)26(3)4;1-12(2)14(21)25-6-7-26-16(24)20-13-8-17(3,4)10-18(5,9-13)11-19-15(22)23/h10-14,25,28-29H,3,15-24H2,1-2,4-9H3,(H,36,39)(H,37,40);13,19H,1,6-11H2,2-5H3,(H,20,24)(H,22,23). The number of esters is 2. The van der Waals surface area contributed by atoms with E-state index in [1.54, 1.807) is 6.92 Å². The van der Waals surface area contributed by atoms with Gasteiger partial charge in [-0.05, 0) is 119 Å². The Morgan fingerprint density at radius 2 is 1.14 bits per heavy atom. The molecule has 16 nitrogen and oxygen atoms in total. The van der Waals surface area contributed by atoms with Crippen molar-refractivity contribution in [2.24, 2.45) is 27.6 Å². The van der Waals surface area contributed by atoms with E-state index in [9.17, 15) is 28.8 Å². The average molecular weight is 1000 g/mol. The van der Waals surface area contributed by atoms with E-state index in [-0.39, 0.29) is 65.7 Å². The molecule has 5 atom stereocenters. The van der Waals surface area contributed by atoms with Crippen molar-refractivity contribution in [1.29, 1.82) is 0 Å². The number of hydrogen-bond acceptors (Lipinski definition) is 12. The third-order valence-electron chi connectivity index (χ3n) is 12.2. The normalized spacial score (nSPS) is 21.8. The smallest absolute Gasteiger partial charge is 0.407 e. The van der Waals surface area contributed by atoms with Crippen LogP contribution in [0, 0.1) is 27.6 Å². The molecule has 396 valence electrons. The maximum Gasteiger partial charge on any atom is 0.407 e. The molecule has 1 aromatic carbocycles. The van der Waals surface area contributed by atoms with E-state index >= 15 is 0 Å². The van der Waals surface area contributed by atoms with Crippen molar-refractivity contribution in [3.63, 3.8) is 0 Å². The Bertz CT molecular complexity index is 1910. The van der Waals surface area contributed by atoms with Crippen molar-refractivity contribution < 1.29 is 57.6 Å². The summed E-state index contributed by atoms with van der Waals surface area (Å²) in [6.07, 6.45) is 4.94. The number of carbonyl (C=O) groups is 6. The van der Waals surface area contributed by atoms with Gasteiger partial charge in [-0.2, -0.15) is 11.8 Å². The Labute approximate surface area is 422 Å². The number of thioether (sulfide) groups is 1. The van der Waals surface area contributed by atoms with E-state index in [1.165, 1.54) is 12.5 Å². The number of amides is 4. The van der Waals surface area contributed by atoms with Crippen LogP contribution < -0.4 is 21.3 Å². The van der Waals surface area contributed by atoms with Crippen LogP contribution in [0.15, 0.2) is 54.6 Å². The zero-order valence-corrected chi connectivity index (χ0v) is 45.1. The molecule has 0 aliphatic heterocycles. The molecule has 70 heavy (non-hydrogen) atoms. The van der Waals surface area contributed by atoms with E-state index in [1.807, 2.05) is 38.6 Å². The van der Waals surface area contributed by atoms with Crippen LogP contribution in [0.1, 0.15) is 146 Å². The minimum Gasteiger partial charge on any atom is -0.465 e. The number of carboxylic acid groups (broad SMARTS) is 1. The molecule has 0 saturated heterocycles.